The fourth-order valence-corrected chi connectivity index (χ4v) is 2.37. The molecule has 2 aromatic rings. The molecule has 1 N–H and O–H groups in total. The van der Waals surface area contributed by atoms with Crippen LogP contribution in [0.3, 0.4) is 0 Å². The van der Waals surface area contributed by atoms with Gasteiger partial charge in [0.25, 0.3) is 0 Å². The summed E-state index contributed by atoms with van der Waals surface area (Å²) >= 11 is 0. The number of ketones is 1. The molecule has 0 saturated heterocycles. The number of aryl methyl sites for hydroxylation is 1. The highest BCUT2D eigenvalue weighted by molar-refractivity contribution is 5.97. The summed E-state index contributed by atoms with van der Waals surface area (Å²) in [7, 11) is 0. The second kappa shape index (κ2) is 5.33. The molecule has 0 radical (unpaired) electrons. The molecule has 1 aromatic carbocycles. The number of carboxylic acid groups (broad SMARTS) is 1. The Hall–Kier alpha value is -2.36. The molecule has 0 aliphatic rings. The molecule has 0 aliphatic heterocycles. The molecule has 0 saturated carbocycles. The normalized spacial score (nSPS) is 12.2. The van der Waals surface area contributed by atoms with E-state index in [9.17, 15) is 14.7 Å². The van der Waals surface area contributed by atoms with Crippen molar-refractivity contribution in [1.82, 2.24) is 4.57 Å². The summed E-state index contributed by atoms with van der Waals surface area (Å²) < 4.78 is 1.64. The second-order valence-electron chi connectivity index (χ2n) is 4.92. The smallest absolute Gasteiger partial charge is 0.352 e. The number of nitrogens with zero attached hydrogens (tertiary/aromatic N) is 1. The third-order valence-corrected chi connectivity index (χ3v) is 3.53. The maximum Gasteiger partial charge on any atom is 0.352 e. The average Bonchev–Trinajstić information content (AvgIpc) is 2.84. The van der Waals surface area contributed by atoms with E-state index in [1.54, 1.807) is 10.8 Å². The first-order chi connectivity index (χ1) is 9.41. The van der Waals surface area contributed by atoms with Crippen molar-refractivity contribution in [2.45, 2.75) is 26.8 Å². The molecule has 1 atom stereocenters. The van der Waals surface area contributed by atoms with Gasteiger partial charge in [0.15, 0.2) is 5.78 Å². The number of carboxylic acids is 1. The minimum Gasteiger partial charge on any atom is -0.477 e. The number of aromatic carboxylic acids is 1. The van der Waals surface area contributed by atoms with E-state index < -0.39 is 5.97 Å². The molecule has 1 heterocycles. The predicted octanol–water partition coefficient (Wildman–Crippen LogP) is 3.31. The summed E-state index contributed by atoms with van der Waals surface area (Å²) in [6.45, 7) is 5.35. The van der Waals surface area contributed by atoms with Crippen LogP contribution >= 0.6 is 0 Å². The van der Waals surface area contributed by atoms with E-state index in [-0.39, 0.29) is 17.5 Å². The highest BCUT2D eigenvalue weighted by atomic mass is 16.4. The zero-order valence-electron chi connectivity index (χ0n) is 11.8. The van der Waals surface area contributed by atoms with E-state index in [1.165, 1.54) is 13.0 Å². The lowest BCUT2D eigenvalue weighted by Crippen LogP contribution is -2.13. The number of hydrogen-bond donors (Lipinski definition) is 1. The third-order valence-electron chi connectivity index (χ3n) is 3.53. The standard InChI is InChI=1S/C16H17NO3/c1-10-6-4-5-7-14(10)11(2)17-9-13(12(3)18)8-15(17)16(19)20/h4-9,11H,1-3H3,(H,19,20). The molecule has 0 bridgehead atoms. The Kier molecular flexibility index (Phi) is 3.74. The molecule has 0 aliphatic carbocycles. The summed E-state index contributed by atoms with van der Waals surface area (Å²) in [6.07, 6.45) is 1.61. The van der Waals surface area contributed by atoms with Crippen LogP contribution in [-0.4, -0.2) is 21.4 Å². The molecule has 20 heavy (non-hydrogen) atoms. The zero-order chi connectivity index (χ0) is 14.9. The van der Waals surface area contributed by atoms with E-state index in [0.717, 1.165) is 11.1 Å². The largest absolute Gasteiger partial charge is 0.477 e. The van der Waals surface area contributed by atoms with Gasteiger partial charge in [-0.1, -0.05) is 24.3 Å². The fourth-order valence-electron chi connectivity index (χ4n) is 2.37. The third kappa shape index (κ3) is 2.50. The van der Waals surface area contributed by atoms with Crippen molar-refractivity contribution >= 4 is 11.8 Å². The summed E-state index contributed by atoms with van der Waals surface area (Å²) in [5, 5.41) is 9.29. The predicted molar refractivity (Wildman–Crippen MR) is 76.4 cm³/mol. The second-order valence-corrected chi connectivity index (χ2v) is 4.92. The Balaban J connectivity index is 2.54. The molecule has 0 spiro atoms. The monoisotopic (exact) mass is 271 g/mol. The number of aromatic nitrogens is 1. The lowest BCUT2D eigenvalue weighted by molar-refractivity contribution is 0.0684. The van der Waals surface area contributed by atoms with Crippen LogP contribution in [0, 0.1) is 6.92 Å². The average molecular weight is 271 g/mol. The van der Waals surface area contributed by atoms with Gasteiger partial charge in [0.1, 0.15) is 5.69 Å². The molecule has 4 heteroatoms. The van der Waals surface area contributed by atoms with Crippen LogP contribution in [0.15, 0.2) is 36.5 Å². The van der Waals surface area contributed by atoms with Gasteiger partial charge in [-0.15, -0.1) is 0 Å². The number of carbonyl (C=O) groups excluding carboxylic acids is 1. The SMILES string of the molecule is CC(=O)c1cc(C(=O)O)n(C(C)c2ccccc2C)c1. The molecule has 104 valence electrons. The Bertz CT molecular complexity index is 670. The van der Waals surface area contributed by atoms with Crippen LogP contribution in [0.5, 0.6) is 0 Å². The van der Waals surface area contributed by atoms with Gasteiger partial charge in [-0.25, -0.2) is 4.79 Å². The Morgan fingerprint density at radius 2 is 1.90 bits per heavy atom. The first-order valence-corrected chi connectivity index (χ1v) is 6.43. The van der Waals surface area contributed by atoms with Crippen LogP contribution < -0.4 is 0 Å². The maximum absolute atomic E-state index is 11.5. The minimum atomic E-state index is -1.03. The zero-order valence-corrected chi connectivity index (χ0v) is 11.8. The van der Waals surface area contributed by atoms with Crippen molar-refractivity contribution in [3.63, 3.8) is 0 Å². The van der Waals surface area contributed by atoms with Crippen molar-refractivity contribution < 1.29 is 14.7 Å². The first kappa shape index (κ1) is 14.1. The summed E-state index contributed by atoms with van der Waals surface area (Å²) in [6, 6.07) is 9.12. The number of rotatable bonds is 4. The van der Waals surface area contributed by atoms with Crippen LogP contribution in [0.25, 0.3) is 0 Å². The topological polar surface area (TPSA) is 59.3 Å². The lowest BCUT2D eigenvalue weighted by Gasteiger charge is -2.18. The van der Waals surface area contributed by atoms with E-state index in [1.807, 2.05) is 38.1 Å². The molecular formula is C16H17NO3. The molecule has 2 rings (SSSR count). The quantitative estimate of drug-likeness (QED) is 0.868. The highest BCUT2D eigenvalue weighted by Crippen LogP contribution is 2.25. The van der Waals surface area contributed by atoms with Crippen molar-refractivity contribution in [2.24, 2.45) is 0 Å². The Morgan fingerprint density at radius 1 is 1.25 bits per heavy atom. The van der Waals surface area contributed by atoms with Gasteiger partial charge in [-0.3, -0.25) is 4.79 Å². The van der Waals surface area contributed by atoms with Crippen molar-refractivity contribution in [1.29, 1.82) is 0 Å². The van der Waals surface area contributed by atoms with Crippen molar-refractivity contribution in [3.05, 3.63) is 58.9 Å². The fraction of sp³-hybridized carbons (Fsp3) is 0.250. The Labute approximate surface area is 117 Å². The van der Waals surface area contributed by atoms with Gasteiger partial charge in [-0.05, 0) is 38.0 Å². The van der Waals surface area contributed by atoms with Gasteiger partial charge < -0.3 is 9.67 Å². The maximum atomic E-state index is 11.5. The van der Waals surface area contributed by atoms with E-state index in [4.69, 9.17) is 0 Å². The molecule has 1 aromatic heterocycles. The lowest BCUT2D eigenvalue weighted by atomic mass is 10.0. The van der Waals surface area contributed by atoms with E-state index >= 15 is 0 Å². The summed E-state index contributed by atoms with van der Waals surface area (Å²) in [5.41, 5.74) is 2.68. The van der Waals surface area contributed by atoms with Crippen LogP contribution in [0.2, 0.25) is 0 Å². The number of carbonyl (C=O) groups is 2. The summed E-state index contributed by atoms with van der Waals surface area (Å²) in [4.78, 5) is 22.8. The molecule has 0 amide bonds. The number of benzene rings is 1. The van der Waals surface area contributed by atoms with Gasteiger partial charge in [-0.2, -0.15) is 0 Å². The van der Waals surface area contributed by atoms with Gasteiger partial charge in [0.05, 0.1) is 6.04 Å². The van der Waals surface area contributed by atoms with E-state index in [2.05, 4.69) is 0 Å². The molecule has 1 unspecified atom stereocenters. The van der Waals surface area contributed by atoms with Crippen molar-refractivity contribution in [3.8, 4) is 0 Å². The number of Topliss-reactive ketones (excluding diaryl/α,β-unsaturated/α-hetero) is 1. The molecule has 4 nitrogen and oxygen atoms in total. The molecular weight excluding hydrogens is 254 g/mol. The van der Waals surface area contributed by atoms with Crippen LogP contribution in [0.4, 0.5) is 0 Å². The van der Waals surface area contributed by atoms with Crippen LogP contribution in [0.1, 0.15) is 51.9 Å². The highest BCUT2D eigenvalue weighted by Gasteiger charge is 2.20. The summed E-state index contributed by atoms with van der Waals surface area (Å²) in [5.74, 6) is -1.17. The van der Waals surface area contributed by atoms with Gasteiger partial charge >= 0.3 is 5.97 Å². The van der Waals surface area contributed by atoms with Crippen molar-refractivity contribution in [2.75, 3.05) is 0 Å². The Morgan fingerprint density at radius 3 is 2.45 bits per heavy atom. The van der Waals surface area contributed by atoms with Gasteiger partial charge in [0, 0.05) is 11.8 Å². The van der Waals surface area contributed by atoms with Crippen LogP contribution in [-0.2, 0) is 0 Å². The van der Waals surface area contributed by atoms with E-state index in [0.29, 0.717) is 5.56 Å². The first-order valence-electron chi connectivity index (χ1n) is 6.43. The minimum absolute atomic E-state index is 0.131. The van der Waals surface area contributed by atoms with Gasteiger partial charge in [0.2, 0.25) is 0 Å². The molecule has 0 fully saturated rings. The number of hydrogen-bond acceptors (Lipinski definition) is 2.